The second kappa shape index (κ2) is 10.5. The molecule has 0 spiro atoms. The summed E-state index contributed by atoms with van der Waals surface area (Å²) in [6.45, 7) is 7.29. The number of nitrogens with one attached hydrogen (secondary N) is 2. The monoisotopic (exact) mass is 496 g/mol. The van der Waals surface area contributed by atoms with Gasteiger partial charge in [-0.3, -0.25) is 0 Å². The van der Waals surface area contributed by atoms with Crippen LogP contribution in [0.4, 0.5) is 5.69 Å². The highest BCUT2D eigenvalue weighted by molar-refractivity contribution is 14.0. The first kappa shape index (κ1) is 22.3. The van der Waals surface area contributed by atoms with Crippen LogP contribution in [0.5, 0.6) is 0 Å². The van der Waals surface area contributed by atoms with Crippen molar-refractivity contribution in [3.63, 3.8) is 0 Å². The first-order valence-electron chi connectivity index (χ1n) is 9.36. The summed E-state index contributed by atoms with van der Waals surface area (Å²) in [5, 5.41) is 17.0. The molecule has 0 radical (unpaired) electrons. The average Bonchev–Trinajstić information content (AvgIpc) is 3.39. The molecule has 3 rings (SSSR count). The number of furan rings is 1. The number of hydrogen-bond acceptors (Lipinski definition) is 4. The Kier molecular flexibility index (Phi) is 8.37. The highest BCUT2D eigenvalue weighted by atomic mass is 127. The van der Waals surface area contributed by atoms with Gasteiger partial charge >= 0.3 is 0 Å². The number of anilines is 1. The number of aliphatic imine (C=N–C) groups is 1. The molecule has 3 N–H and O–H groups in total. The third kappa shape index (κ3) is 6.00. The van der Waals surface area contributed by atoms with Gasteiger partial charge in [0, 0.05) is 25.3 Å². The van der Waals surface area contributed by atoms with Crippen LogP contribution in [0.25, 0.3) is 0 Å². The lowest BCUT2D eigenvalue weighted by Crippen LogP contribution is -2.44. The molecule has 1 aliphatic heterocycles. The molecular weight excluding hydrogens is 467 g/mol. The first-order chi connectivity index (χ1) is 13.1. The van der Waals surface area contributed by atoms with Crippen LogP contribution in [-0.2, 0) is 12.1 Å². The predicted octanol–water partition coefficient (Wildman–Crippen LogP) is 3.24. The van der Waals surface area contributed by atoms with E-state index < -0.39 is 5.60 Å². The molecule has 0 saturated heterocycles. The number of benzene rings is 1. The van der Waals surface area contributed by atoms with Crippen LogP contribution in [0, 0.1) is 0 Å². The van der Waals surface area contributed by atoms with E-state index in [9.17, 15) is 5.11 Å². The number of aliphatic hydroxyl groups is 1. The molecule has 6 nitrogen and oxygen atoms in total. The SMILES string of the molecule is CCNC(=NCc1ccc(N2CC=CC2)cc1)NCC(C)(O)c1ccco1.I. The van der Waals surface area contributed by atoms with Crippen LogP contribution in [0.15, 0.2) is 64.2 Å². The number of nitrogens with zero attached hydrogens (tertiary/aromatic N) is 2. The van der Waals surface area contributed by atoms with Crippen molar-refractivity contribution in [2.24, 2.45) is 4.99 Å². The van der Waals surface area contributed by atoms with Crippen LogP contribution >= 0.6 is 24.0 Å². The maximum Gasteiger partial charge on any atom is 0.191 e. The Balaban J connectivity index is 0.00000280. The smallest absolute Gasteiger partial charge is 0.191 e. The zero-order valence-corrected chi connectivity index (χ0v) is 18.7. The Hall–Kier alpha value is -2.00. The number of hydrogen-bond donors (Lipinski definition) is 3. The molecule has 1 aliphatic rings. The van der Waals surface area contributed by atoms with Crippen LogP contribution in [0.2, 0.25) is 0 Å². The van der Waals surface area contributed by atoms with Gasteiger partial charge in [0.25, 0.3) is 0 Å². The van der Waals surface area contributed by atoms with Gasteiger partial charge in [0.2, 0.25) is 0 Å². The highest BCUT2D eigenvalue weighted by Gasteiger charge is 2.26. The lowest BCUT2D eigenvalue weighted by atomic mass is 10.0. The van der Waals surface area contributed by atoms with Gasteiger partial charge in [-0.2, -0.15) is 0 Å². The summed E-state index contributed by atoms with van der Waals surface area (Å²) in [4.78, 5) is 6.94. The van der Waals surface area contributed by atoms with Gasteiger partial charge in [0.1, 0.15) is 11.4 Å². The van der Waals surface area contributed by atoms with Crippen LogP contribution in [0.3, 0.4) is 0 Å². The Labute approximate surface area is 183 Å². The minimum atomic E-state index is -1.11. The molecule has 2 heterocycles. The maximum atomic E-state index is 10.6. The van der Waals surface area contributed by atoms with Crippen LogP contribution in [0.1, 0.15) is 25.2 Å². The van der Waals surface area contributed by atoms with E-state index in [0.717, 1.165) is 25.2 Å². The first-order valence-corrected chi connectivity index (χ1v) is 9.36. The summed E-state index contributed by atoms with van der Waals surface area (Å²) in [5.41, 5.74) is 1.26. The average molecular weight is 496 g/mol. The van der Waals surface area contributed by atoms with Gasteiger partial charge in [0.05, 0.1) is 19.4 Å². The largest absolute Gasteiger partial charge is 0.466 e. The molecule has 0 fully saturated rings. The van der Waals surface area contributed by atoms with Gasteiger partial charge in [-0.05, 0) is 43.7 Å². The standard InChI is InChI=1S/C21H28N4O2.HI/c1-3-22-20(24-16-21(2,26)19-7-6-14-27-19)23-15-17-8-10-18(11-9-17)25-12-4-5-13-25;/h4-11,14,26H,3,12-13,15-16H2,1-2H3,(H2,22,23,24);1H. The van der Waals surface area contributed by atoms with Gasteiger partial charge in [-0.1, -0.05) is 24.3 Å². The summed E-state index contributed by atoms with van der Waals surface area (Å²) in [7, 11) is 0. The van der Waals surface area contributed by atoms with Crippen LogP contribution < -0.4 is 15.5 Å². The minimum absolute atomic E-state index is 0. The third-order valence-electron chi connectivity index (χ3n) is 4.54. The van der Waals surface area contributed by atoms with Crippen LogP contribution in [-0.4, -0.2) is 37.2 Å². The summed E-state index contributed by atoms with van der Waals surface area (Å²) in [6.07, 6.45) is 5.93. The summed E-state index contributed by atoms with van der Waals surface area (Å²) >= 11 is 0. The van der Waals surface area contributed by atoms with E-state index in [0.29, 0.717) is 24.8 Å². The Morgan fingerprint density at radius 3 is 2.50 bits per heavy atom. The third-order valence-corrected chi connectivity index (χ3v) is 4.54. The van der Waals surface area contributed by atoms with E-state index in [1.807, 2.05) is 6.92 Å². The van der Waals surface area contributed by atoms with E-state index in [-0.39, 0.29) is 24.0 Å². The lowest BCUT2D eigenvalue weighted by Gasteiger charge is -2.22. The predicted molar refractivity (Wildman–Crippen MR) is 124 cm³/mol. The van der Waals surface area contributed by atoms with Crippen molar-refractivity contribution in [2.75, 3.05) is 31.1 Å². The maximum absolute atomic E-state index is 10.6. The molecule has 0 amide bonds. The fourth-order valence-corrected chi connectivity index (χ4v) is 2.94. The second-order valence-electron chi connectivity index (χ2n) is 6.84. The zero-order chi connectivity index (χ0) is 19.1. The molecule has 1 atom stereocenters. The molecular formula is C21H29IN4O2. The van der Waals surface area contributed by atoms with Gasteiger partial charge in [-0.25, -0.2) is 4.99 Å². The van der Waals surface area contributed by atoms with Gasteiger partial charge in [0.15, 0.2) is 5.96 Å². The Morgan fingerprint density at radius 1 is 1.18 bits per heavy atom. The van der Waals surface area contributed by atoms with Gasteiger partial charge < -0.3 is 25.1 Å². The quantitative estimate of drug-likeness (QED) is 0.238. The number of guanidine groups is 1. The van der Waals surface area contributed by atoms with E-state index in [4.69, 9.17) is 4.42 Å². The topological polar surface area (TPSA) is 73.0 Å². The van der Waals surface area contributed by atoms with Crippen molar-refractivity contribution in [3.8, 4) is 0 Å². The molecule has 1 unspecified atom stereocenters. The van der Waals surface area contributed by atoms with E-state index in [2.05, 4.69) is 56.9 Å². The molecule has 152 valence electrons. The Morgan fingerprint density at radius 2 is 1.89 bits per heavy atom. The summed E-state index contributed by atoms with van der Waals surface area (Å²) in [5.74, 6) is 1.19. The van der Waals surface area contributed by atoms with Crippen molar-refractivity contribution < 1.29 is 9.52 Å². The molecule has 28 heavy (non-hydrogen) atoms. The van der Waals surface area contributed by atoms with Crippen molar-refractivity contribution in [2.45, 2.75) is 26.0 Å². The minimum Gasteiger partial charge on any atom is -0.466 e. The molecule has 1 aromatic heterocycles. The van der Waals surface area contributed by atoms with E-state index in [1.165, 1.54) is 5.69 Å². The highest BCUT2D eigenvalue weighted by Crippen LogP contribution is 2.20. The fourth-order valence-electron chi connectivity index (χ4n) is 2.94. The van der Waals surface area contributed by atoms with Crippen molar-refractivity contribution >= 4 is 35.6 Å². The molecule has 0 bridgehead atoms. The summed E-state index contributed by atoms with van der Waals surface area (Å²) < 4.78 is 5.31. The fraction of sp³-hybridized carbons (Fsp3) is 0.381. The molecule has 2 aromatic rings. The summed E-state index contributed by atoms with van der Waals surface area (Å²) in [6, 6.07) is 12.0. The molecule has 0 saturated carbocycles. The van der Waals surface area contributed by atoms with E-state index in [1.54, 1.807) is 25.3 Å². The molecule has 1 aromatic carbocycles. The normalized spacial score (nSPS) is 15.8. The van der Waals surface area contributed by atoms with Crippen molar-refractivity contribution in [1.82, 2.24) is 10.6 Å². The van der Waals surface area contributed by atoms with Crippen molar-refractivity contribution in [3.05, 3.63) is 66.1 Å². The van der Waals surface area contributed by atoms with E-state index >= 15 is 0 Å². The lowest BCUT2D eigenvalue weighted by molar-refractivity contribution is 0.0386. The van der Waals surface area contributed by atoms with Crippen molar-refractivity contribution in [1.29, 1.82) is 0 Å². The molecule has 7 heteroatoms. The molecule has 0 aliphatic carbocycles. The number of rotatable bonds is 7. The van der Waals surface area contributed by atoms with Gasteiger partial charge in [-0.15, -0.1) is 24.0 Å². The Bertz CT molecular complexity index is 762. The number of halogens is 1. The zero-order valence-electron chi connectivity index (χ0n) is 16.4. The second-order valence-corrected chi connectivity index (χ2v) is 6.84.